The van der Waals surface area contributed by atoms with Crippen LogP contribution in [0.2, 0.25) is 0 Å². The van der Waals surface area contributed by atoms with Crippen molar-refractivity contribution in [2.75, 3.05) is 18.5 Å². The molecule has 21 heavy (non-hydrogen) atoms. The normalized spacial score (nSPS) is 10.7. The number of hydrogen-bond donors (Lipinski definition) is 1. The minimum Gasteiger partial charge on any atom is -0.370 e. The van der Waals surface area contributed by atoms with Crippen LogP contribution in [0.4, 0.5) is 10.1 Å². The molecule has 0 heterocycles. The van der Waals surface area contributed by atoms with Crippen molar-refractivity contribution >= 4 is 5.69 Å². The Labute approximate surface area is 126 Å². The van der Waals surface area contributed by atoms with Crippen LogP contribution in [0.1, 0.15) is 23.6 Å². The molecule has 0 saturated heterocycles. The molecular formula is C18H23FN2. The molecule has 0 fully saturated rings. The number of rotatable bonds is 6. The molecule has 0 aliphatic rings. The molecular weight excluding hydrogens is 263 g/mol. The second kappa shape index (κ2) is 7.23. The molecule has 0 unspecified atom stereocenters. The summed E-state index contributed by atoms with van der Waals surface area (Å²) in [6, 6.07) is 13.2. The molecule has 2 aromatic rings. The van der Waals surface area contributed by atoms with Gasteiger partial charge in [-0.2, -0.15) is 0 Å². The summed E-state index contributed by atoms with van der Waals surface area (Å²) in [5, 5.41) is 3.35. The molecule has 112 valence electrons. The van der Waals surface area contributed by atoms with E-state index in [1.807, 2.05) is 12.1 Å². The molecule has 0 amide bonds. The van der Waals surface area contributed by atoms with Gasteiger partial charge >= 0.3 is 0 Å². The minimum absolute atomic E-state index is 0.190. The third kappa shape index (κ3) is 4.30. The number of nitrogens with one attached hydrogen (secondary N) is 1. The quantitative estimate of drug-likeness (QED) is 0.867. The Kier molecular flexibility index (Phi) is 5.34. The van der Waals surface area contributed by atoms with Gasteiger partial charge in [0.1, 0.15) is 5.82 Å². The fourth-order valence-corrected chi connectivity index (χ4v) is 2.33. The summed E-state index contributed by atoms with van der Waals surface area (Å²) in [6.07, 6.45) is 0. The summed E-state index contributed by atoms with van der Waals surface area (Å²) >= 11 is 0. The molecule has 0 saturated carbocycles. The topological polar surface area (TPSA) is 15.3 Å². The highest BCUT2D eigenvalue weighted by atomic mass is 19.1. The molecule has 0 spiro atoms. The predicted octanol–water partition coefficient (Wildman–Crippen LogP) is 3.88. The van der Waals surface area contributed by atoms with E-state index in [1.165, 1.54) is 28.9 Å². The molecule has 0 aliphatic carbocycles. The van der Waals surface area contributed by atoms with E-state index in [-0.39, 0.29) is 5.82 Å². The van der Waals surface area contributed by atoms with Gasteiger partial charge in [0.05, 0.1) is 0 Å². The van der Waals surface area contributed by atoms with Crippen molar-refractivity contribution in [1.29, 1.82) is 0 Å². The summed E-state index contributed by atoms with van der Waals surface area (Å²) in [4.78, 5) is 2.18. The van der Waals surface area contributed by atoms with Crippen molar-refractivity contribution in [3.63, 3.8) is 0 Å². The molecule has 0 atom stereocenters. The van der Waals surface area contributed by atoms with Gasteiger partial charge in [-0.1, -0.05) is 25.1 Å². The van der Waals surface area contributed by atoms with E-state index in [9.17, 15) is 4.39 Å². The molecule has 2 aromatic carbocycles. The van der Waals surface area contributed by atoms with E-state index in [2.05, 4.69) is 49.3 Å². The zero-order valence-corrected chi connectivity index (χ0v) is 13.0. The predicted molar refractivity (Wildman–Crippen MR) is 87.1 cm³/mol. The second-order valence-electron chi connectivity index (χ2n) is 5.37. The van der Waals surface area contributed by atoms with Crippen LogP contribution < -0.4 is 10.2 Å². The van der Waals surface area contributed by atoms with Crippen LogP contribution in [0.15, 0.2) is 42.5 Å². The Bertz CT molecular complexity index is 578. The van der Waals surface area contributed by atoms with E-state index >= 15 is 0 Å². The first-order valence-corrected chi connectivity index (χ1v) is 7.36. The van der Waals surface area contributed by atoms with Crippen molar-refractivity contribution in [2.24, 2.45) is 0 Å². The highest BCUT2D eigenvalue weighted by molar-refractivity contribution is 5.50. The van der Waals surface area contributed by atoms with Crippen LogP contribution >= 0.6 is 0 Å². The van der Waals surface area contributed by atoms with Gasteiger partial charge in [-0.15, -0.1) is 0 Å². The first-order chi connectivity index (χ1) is 10.1. The standard InChI is InChI=1S/C18H23FN2/c1-4-20-12-16-7-10-18(11-14(16)2)21(3)13-15-5-8-17(19)9-6-15/h5-11,20H,4,12-13H2,1-3H3. The Morgan fingerprint density at radius 3 is 2.43 bits per heavy atom. The molecule has 0 aromatic heterocycles. The lowest BCUT2D eigenvalue weighted by Gasteiger charge is -2.21. The number of halogens is 1. The molecule has 3 heteroatoms. The van der Waals surface area contributed by atoms with Crippen LogP contribution in [-0.2, 0) is 13.1 Å². The monoisotopic (exact) mass is 286 g/mol. The average Bonchev–Trinajstić information content (AvgIpc) is 2.48. The van der Waals surface area contributed by atoms with Crippen molar-refractivity contribution in [3.05, 3.63) is 65.0 Å². The maximum Gasteiger partial charge on any atom is 0.123 e. The summed E-state index contributed by atoms with van der Waals surface area (Å²) in [5.41, 5.74) is 4.90. The minimum atomic E-state index is -0.190. The van der Waals surface area contributed by atoms with Crippen LogP contribution in [-0.4, -0.2) is 13.6 Å². The van der Waals surface area contributed by atoms with Gasteiger partial charge in [-0.05, 0) is 54.4 Å². The Balaban J connectivity index is 2.06. The lowest BCUT2D eigenvalue weighted by Crippen LogP contribution is -2.17. The highest BCUT2D eigenvalue weighted by Gasteiger charge is 2.05. The lowest BCUT2D eigenvalue weighted by molar-refractivity contribution is 0.627. The van der Waals surface area contributed by atoms with Crippen molar-refractivity contribution in [3.8, 4) is 0 Å². The van der Waals surface area contributed by atoms with E-state index in [0.29, 0.717) is 0 Å². The van der Waals surface area contributed by atoms with Crippen LogP contribution in [0.3, 0.4) is 0 Å². The van der Waals surface area contributed by atoms with Gasteiger partial charge in [0.15, 0.2) is 0 Å². The zero-order valence-electron chi connectivity index (χ0n) is 13.0. The van der Waals surface area contributed by atoms with E-state index in [4.69, 9.17) is 0 Å². The van der Waals surface area contributed by atoms with Crippen molar-refractivity contribution < 1.29 is 4.39 Å². The largest absolute Gasteiger partial charge is 0.370 e. The summed E-state index contributed by atoms with van der Waals surface area (Å²) < 4.78 is 12.9. The first-order valence-electron chi connectivity index (χ1n) is 7.36. The van der Waals surface area contributed by atoms with Gasteiger partial charge in [-0.25, -0.2) is 4.39 Å². The third-order valence-electron chi connectivity index (χ3n) is 3.67. The fraction of sp³-hybridized carbons (Fsp3) is 0.333. The number of benzene rings is 2. The lowest BCUT2D eigenvalue weighted by atomic mass is 10.1. The second-order valence-corrected chi connectivity index (χ2v) is 5.37. The van der Waals surface area contributed by atoms with Crippen molar-refractivity contribution in [2.45, 2.75) is 26.9 Å². The fourth-order valence-electron chi connectivity index (χ4n) is 2.33. The van der Waals surface area contributed by atoms with Crippen LogP contribution in [0, 0.1) is 12.7 Å². The number of hydrogen-bond acceptors (Lipinski definition) is 2. The van der Waals surface area contributed by atoms with Gasteiger partial charge < -0.3 is 10.2 Å². The SMILES string of the molecule is CCNCc1ccc(N(C)Cc2ccc(F)cc2)cc1C. The molecule has 0 bridgehead atoms. The Hall–Kier alpha value is -1.87. The summed E-state index contributed by atoms with van der Waals surface area (Å²) in [5.74, 6) is -0.190. The van der Waals surface area contributed by atoms with Gasteiger partial charge in [0.2, 0.25) is 0 Å². The number of nitrogens with zero attached hydrogens (tertiary/aromatic N) is 1. The molecule has 0 aliphatic heterocycles. The molecule has 0 radical (unpaired) electrons. The van der Waals surface area contributed by atoms with Crippen LogP contribution in [0.25, 0.3) is 0 Å². The van der Waals surface area contributed by atoms with E-state index in [1.54, 1.807) is 0 Å². The maximum atomic E-state index is 12.9. The number of anilines is 1. The van der Waals surface area contributed by atoms with E-state index < -0.39 is 0 Å². The highest BCUT2D eigenvalue weighted by Crippen LogP contribution is 2.20. The first kappa shape index (κ1) is 15.5. The van der Waals surface area contributed by atoms with Crippen LogP contribution in [0.5, 0.6) is 0 Å². The molecule has 2 rings (SSSR count). The summed E-state index contributed by atoms with van der Waals surface area (Å²) in [7, 11) is 2.06. The molecule has 2 nitrogen and oxygen atoms in total. The zero-order chi connectivity index (χ0) is 15.2. The third-order valence-corrected chi connectivity index (χ3v) is 3.67. The van der Waals surface area contributed by atoms with Gasteiger partial charge in [0.25, 0.3) is 0 Å². The Morgan fingerprint density at radius 2 is 1.81 bits per heavy atom. The van der Waals surface area contributed by atoms with E-state index in [0.717, 1.165) is 25.2 Å². The smallest absolute Gasteiger partial charge is 0.123 e. The maximum absolute atomic E-state index is 12.9. The Morgan fingerprint density at radius 1 is 1.10 bits per heavy atom. The van der Waals surface area contributed by atoms with Crippen molar-refractivity contribution in [1.82, 2.24) is 5.32 Å². The van der Waals surface area contributed by atoms with Gasteiger partial charge in [-0.3, -0.25) is 0 Å². The average molecular weight is 286 g/mol. The summed E-state index contributed by atoms with van der Waals surface area (Å²) in [6.45, 7) is 6.91. The number of aryl methyl sites for hydroxylation is 1. The van der Waals surface area contributed by atoms with Gasteiger partial charge in [0, 0.05) is 25.8 Å². The molecule has 1 N–H and O–H groups in total.